The zero-order chi connectivity index (χ0) is 14.7. The third-order valence-corrected chi connectivity index (χ3v) is 4.12. The molecule has 1 aromatic heterocycles. The van der Waals surface area contributed by atoms with E-state index in [1.807, 2.05) is 18.8 Å². The number of rotatable bonds is 5. The maximum atomic E-state index is 4.61. The minimum absolute atomic E-state index is 0.589. The van der Waals surface area contributed by atoms with Crippen molar-refractivity contribution in [1.82, 2.24) is 20.4 Å². The Morgan fingerprint density at radius 3 is 2.60 bits per heavy atom. The van der Waals surface area contributed by atoms with Crippen LogP contribution in [0.4, 0.5) is 0 Å². The second-order valence-corrected chi connectivity index (χ2v) is 5.59. The van der Waals surface area contributed by atoms with E-state index in [0.29, 0.717) is 6.04 Å². The molecule has 0 spiro atoms. The summed E-state index contributed by atoms with van der Waals surface area (Å²) in [6.07, 6.45) is 3.22. The Balaban J connectivity index is 2.02. The fourth-order valence-corrected chi connectivity index (χ4v) is 2.66. The molecule has 2 N–H and O–H groups in total. The second kappa shape index (κ2) is 6.29. The van der Waals surface area contributed by atoms with Gasteiger partial charge in [-0.1, -0.05) is 20.8 Å². The molecule has 0 aromatic carbocycles. The number of aliphatic imine (C=N–C) groups is 1. The van der Waals surface area contributed by atoms with Crippen molar-refractivity contribution in [2.24, 2.45) is 18.0 Å². The molecule has 1 fully saturated rings. The van der Waals surface area contributed by atoms with Crippen LogP contribution in [0.2, 0.25) is 0 Å². The van der Waals surface area contributed by atoms with E-state index < -0.39 is 0 Å². The second-order valence-electron chi connectivity index (χ2n) is 5.59. The normalized spacial score (nSPS) is 21.9. The zero-order valence-electron chi connectivity index (χ0n) is 13.3. The lowest BCUT2D eigenvalue weighted by Crippen LogP contribution is -2.38. The highest BCUT2D eigenvalue weighted by atomic mass is 15.3. The minimum atomic E-state index is 0.589. The first-order valence-corrected chi connectivity index (χ1v) is 7.61. The molecule has 1 aromatic rings. The maximum absolute atomic E-state index is 4.61. The number of aromatic nitrogens is 2. The Morgan fingerprint density at radius 1 is 1.40 bits per heavy atom. The lowest BCUT2D eigenvalue weighted by Gasteiger charge is -2.12. The van der Waals surface area contributed by atoms with E-state index in [9.17, 15) is 0 Å². The van der Waals surface area contributed by atoms with E-state index >= 15 is 0 Å². The Kier molecular flexibility index (Phi) is 4.68. The van der Waals surface area contributed by atoms with Gasteiger partial charge >= 0.3 is 0 Å². The quantitative estimate of drug-likeness (QED) is 0.635. The molecule has 2 atom stereocenters. The maximum Gasteiger partial charge on any atom is 0.191 e. The molecule has 1 aliphatic rings. The van der Waals surface area contributed by atoms with Crippen molar-refractivity contribution in [3.8, 4) is 0 Å². The van der Waals surface area contributed by atoms with Gasteiger partial charge in [0.2, 0.25) is 0 Å². The van der Waals surface area contributed by atoms with Crippen LogP contribution in [-0.4, -0.2) is 28.8 Å². The van der Waals surface area contributed by atoms with Crippen molar-refractivity contribution in [3.05, 3.63) is 17.0 Å². The van der Waals surface area contributed by atoms with Gasteiger partial charge in [0.25, 0.3) is 0 Å². The molecular weight excluding hydrogens is 250 g/mol. The minimum Gasteiger partial charge on any atom is -0.353 e. The van der Waals surface area contributed by atoms with E-state index in [1.165, 1.54) is 23.4 Å². The van der Waals surface area contributed by atoms with Crippen LogP contribution in [0.25, 0.3) is 0 Å². The standard InChI is InChI=1S/C15H27N5/c1-6-12-11(14(7-2)20(5)19-12)9-17-15(16-4)18-13-8-10(13)3/h10,13H,6-9H2,1-5H3,(H2,16,17,18). The molecule has 112 valence electrons. The molecule has 1 aliphatic carbocycles. The molecule has 0 bridgehead atoms. The van der Waals surface area contributed by atoms with Gasteiger partial charge in [-0.05, 0) is 25.2 Å². The van der Waals surface area contributed by atoms with Gasteiger partial charge in [0.1, 0.15) is 0 Å². The first kappa shape index (κ1) is 14.9. The number of guanidine groups is 1. The first-order chi connectivity index (χ1) is 9.60. The molecule has 1 heterocycles. The van der Waals surface area contributed by atoms with Crippen LogP contribution in [0, 0.1) is 5.92 Å². The van der Waals surface area contributed by atoms with Crippen molar-refractivity contribution < 1.29 is 0 Å². The van der Waals surface area contributed by atoms with E-state index in [2.05, 4.69) is 41.5 Å². The van der Waals surface area contributed by atoms with Crippen LogP contribution in [0.15, 0.2) is 4.99 Å². The Labute approximate surface area is 121 Å². The van der Waals surface area contributed by atoms with E-state index in [-0.39, 0.29) is 0 Å². The van der Waals surface area contributed by atoms with Gasteiger partial charge in [-0.15, -0.1) is 0 Å². The Hall–Kier alpha value is -1.52. The van der Waals surface area contributed by atoms with Crippen LogP contribution in [-0.2, 0) is 26.4 Å². The van der Waals surface area contributed by atoms with E-state index in [0.717, 1.165) is 31.3 Å². The molecule has 1 saturated carbocycles. The van der Waals surface area contributed by atoms with Gasteiger partial charge in [-0.25, -0.2) is 0 Å². The largest absolute Gasteiger partial charge is 0.353 e. The summed E-state index contributed by atoms with van der Waals surface area (Å²) in [5, 5.41) is 11.5. The van der Waals surface area contributed by atoms with Crippen LogP contribution in [0.3, 0.4) is 0 Å². The third-order valence-electron chi connectivity index (χ3n) is 4.12. The molecule has 2 rings (SSSR count). The number of aryl methyl sites for hydroxylation is 2. The van der Waals surface area contributed by atoms with Crippen LogP contribution in [0.5, 0.6) is 0 Å². The molecule has 0 amide bonds. The molecule has 5 heteroatoms. The summed E-state index contributed by atoms with van der Waals surface area (Å²) in [4.78, 5) is 4.30. The topological polar surface area (TPSA) is 54.2 Å². The SMILES string of the molecule is CCc1nn(C)c(CC)c1CNC(=NC)NC1CC1C. The number of nitrogens with one attached hydrogen (secondary N) is 2. The van der Waals surface area contributed by atoms with Crippen molar-refractivity contribution in [2.75, 3.05) is 7.05 Å². The van der Waals surface area contributed by atoms with Gasteiger partial charge in [-0.2, -0.15) is 5.10 Å². The summed E-state index contributed by atoms with van der Waals surface area (Å²) < 4.78 is 2.01. The zero-order valence-corrected chi connectivity index (χ0v) is 13.3. The molecule has 20 heavy (non-hydrogen) atoms. The average Bonchev–Trinajstić information content (AvgIpc) is 3.04. The highest BCUT2D eigenvalue weighted by Crippen LogP contribution is 2.28. The first-order valence-electron chi connectivity index (χ1n) is 7.61. The van der Waals surface area contributed by atoms with Crippen LogP contribution < -0.4 is 10.6 Å². The Morgan fingerprint density at radius 2 is 2.10 bits per heavy atom. The lowest BCUT2D eigenvalue weighted by molar-refractivity contribution is 0.702. The van der Waals surface area contributed by atoms with Gasteiger partial charge in [0.05, 0.1) is 5.69 Å². The summed E-state index contributed by atoms with van der Waals surface area (Å²) in [6.45, 7) is 7.39. The predicted molar refractivity (Wildman–Crippen MR) is 82.9 cm³/mol. The third kappa shape index (κ3) is 3.14. The molecule has 0 aliphatic heterocycles. The average molecular weight is 277 g/mol. The number of hydrogen-bond donors (Lipinski definition) is 2. The molecule has 5 nitrogen and oxygen atoms in total. The highest BCUT2D eigenvalue weighted by molar-refractivity contribution is 5.80. The lowest BCUT2D eigenvalue weighted by atomic mass is 10.1. The summed E-state index contributed by atoms with van der Waals surface area (Å²) in [5.41, 5.74) is 3.82. The summed E-state index contributed by atoms with van der Waals surface area (Å²) in [7, 11) is 3.85. The fourth-order valence-electron chi connectivity index (χ4n) is 2.66. The summed E-state index contributed by atoms with van der Waals surface area (Å²) >= 11 is 0. The van der Waals surface area contributed by atoms with Crippen LogP contribution in [0.1, 0.15) is 44.1 Å². The summed E-state index contributed by atoms with van der Waals surface area (Å²) in [5.74, 6) is 1.66. The van der Waals surface area contributed by atoms with Crippen molar-refractivity contribution >= 4 is 5.96 Å². The molecule has 2 unspecified atom stereocenters. The van der Waals surface area contributed by atoms with E-state index in [1.54, 1.807) is 0 Å². The highest BCUT2D eigenvalue weighted by Gasteiger charge is 2.33. The molecular formula is C15H27N5. The van der Waals surface area contributed by atoms with Gasteiger partial charge in [-0.3, -0.25) is 9.67 Å². The number of hydrogen-bond acceptors (Lipinski definition) is 2. The molecule has 0 saturated heterocycles. The molecule has 0 radical (unpaired) electrons. The van der Waals surface area contributed by atoms with Gasteiger partial charge < -0.3 is 10.6 Å². The fraction of sp³-hybridized carbons (Fsp3) is 0.733. The predicted octanol–water partition coefficient (Wildman–Crippen LogP) is 1.62. The van der Waals surface area contributed by atoms with Gasteiger partial charge in [0.15, 0.2) is 5.96 Å². The smallest absolute Gasteiger partial charge is 0.191 e. The van der Waals surface area contributed by atoms with Gasteiger partial charge in [0, 0.05) is 37.9 Å². The van der Waals surface area contributed by atoms with Crippen molar-refractivity contribution in [3.63, 3.8) is 0 Å². The summed E-state index contributed by atoms with van der Waals surface area (Å²) in [6, 6.07) is 0.589. The van der Waals surface area contributed by atoms with Crippen molar-refractivity contribution in [2.45, 2.75) is 52.6 Å². The van der Waals surface area contributed by atoms with E-state index in [4.69, 9.17) is 0 Å². The monoisotopic (exact) mass is 277 g/mol. The van der Waals surface area contributed by atoms with Crippen molar-refractivity contribution in [1.29, 1.82) is 0 Å². The number of nitrogens with zero attached hydrogens (tertiary/aromatic N) is 3. The Bertz CT molecular complexity index is 489. The van der Waals surface area contributed by atoms with Crippen LogP contribution >= 0.6 is 0 Å².